The molecule has 0 atom stereocenters. The average molecular weight is 424 g/mol. The fourth-order valence-electron chi connectivity index (χ4n) is 3.46. The van der Waals surface area contributed by atoms with Gasteiger partial charge in [-0.2, -0.15) is 0 Å². The summed E-state index contributed by atoms with van der Waals surface area (Å²) in [4.78, 5) is 12.3. The number of carbonyl (C=O) groups is 1. The van der Waals surface area contributed by atoms with Crippen molar-refractivity contribution in [3.05, 3.63) is 108 Å². The standard InChI is InChI=1S/C28H25NO3/c1-20-7-3-6-10-25(20)29-28(30)16-13-21-12-15-26(27(18-21)31-2)32-19-22-11-14-23-8-4-5-9-24(23)17-22/h3-18H,19H2,1-2H3,(H,29,30)/b16-13+. The largest absolute Gasteiger partial charge is 0.493 e. The van der Waals surface area contributed by atoms with E-state index in [1.807, 2.05) is 61.5 Å². The zero-order valence-corrected chi connectivity index (χ0v) is 18.2. The molecule has 4 heteroatoms. The number of hydrogen-bond acceptors (Lipinski definition) is 3. The third kappa shape index (κ3) is 5.16. The lowest BCUT2D eigenvalue weighted by atomic mass is 10.1. The highest BCUT2D eigenvalue weighted by Gasteiger charge is 2.07. The molecule has 4 aromatic rings. The fourth-order valence-corrected chi connectivity index (χ4v) is 3.46. The molecule has 0 saturated heterocycles. The number of ether oxygens (including phenoxy) is 2. The highest BCUT2D eigenvalue weighted by Crippen LogP contribution is 2.29. The number of para-hydroxylation sites is 1. The van der Waals surface area contributed by atoms with Gasteiger partial charge in [0.1, 0.15) is 6.61 Å². The molecule has 1 N–H and O–H groups in total. The monoisotopic (exact) mass is 423 g/mol. The maximum Gasteiger partial charge on any atom is 0.248 e. The Bertz CT molecular complexity index is 1280. The van der Waals surface area contributed by atoms with Gasteiger partial charge in [-0.3, -0.25) is 4.79 Å². The Balaban J connectivity index is 1.42. The first-order valence-corrected chi connectivity index (χ1v) is 10.5. The van der Waals surface area contributed by atoms with Crippen LogP contribution in [-0.4, -0.2) is 13.0 Å². The van der Waals surface area contributed by atoms with Crippen molar-refractivity contribution in [2.24, 2.45) is 0 Å². The number of aryl methyl sites for hydroxylation is 1. The fraction of sp³-hybridized carbons (Fsp3) is 0.107. The molecule has 4 rings (SSSR count). The van der Waals surface area contributed by atoms with E-state index in [-0.39, 0.29) is 5.91 Å². The minimum atomic E-state index is -0.185. The molecule has 0 aromatic heterocycles. The Morgan fingerprint density at radius 2 is 1.66 bits per heavy atom. The molecule has 0 saturated carbocycles. The van der Waals surface area contributed by atoms with Crippen molar-refractivity contribution in [2.45, 2.75) is 13.5 Å². The number of benzene rings is 4. The second-order valence-electron chi connectivity index (χ2n) is 7.52. The Hall–Kier alpha value is -4.05. The Morgan fingerprint density at radius 1 is 0.875 bits per heavy atom. The van der Waals surface area contributed by atoms with Crippen LogP contribution in [0.15, 0.2) is 91.0 Å². The Morgan fingerprint density at radius 3 is 2.47 bits per heavy atom. The summed E-state index contributed by atoms with van der Waals surface area (Å²) in [6.07, 6.45) is 3.26. The maximum atomic E-state index is 12.3. The second kappa shape index (κ2) is 9.84. The number of methoxy groups -OCH3 is 1. The second-order valence-corrected chi connectivity index (χ2v) is 7.52. The third-order valence-electron chi connectivity index (χ3n) is 5.23. The van der Waals surface area contributed by atoms with Crippen LogP contribution in [-0.2, 0) is 11.4 Å². The number of anilines is 1. The van der Waals surface area contributed by atoms with Gasteiger partial charge in [0.15, 0.2) is 11.5 Å². The summed E-state index contributed by atoms with van der Waals surface area (Å²) in [5, 5.41) is 5.28. The van der Waals surface area contributed by atoms with Crippen molar-refractivity contribution in [3.8, 4) is 11.5 Å². The molecule has 0 aliphatic carbocycles. The first kappa shape index (κ1) is 21.2. The molecule has 0 heterocycles. The van der Waals surface area contributed by atoms with Crippen molar-refractivity contribution in [1.29, 1.82) is 0 Å². The molecule has 4 nitrogen and oxygen atoms in total. The van der Waals surface area contributed by atoms with E-state index in [0.717, 1.165) is 22.4 Å². The van der Waals surface area contributed by atoms with Crippen molar-refractivity contribution < 1.29 is 14.3 Å². The van der Waals surface area contributed by atoms with Crippen LogP contribution < -0.4 is 14.8 Å². The highest BCUT2D eigenvalue weighted by molar-refractivity contribution is 6.02. The number of hydrogen-bond donors (Lipinski definition) is 1. The van der Waals surface area contributed by atoms with Crippen LogP contribution in [0.4, 0.5) is 5.69 Å². The van der Waals surface area contributed by atoms with Gasteiger partial charge in [-0.1, -0.05) is 60.7 Å². The van der Waals surface area contributed by atoms with E-state index in [9.17, 15) is 4.79 Å². The number of carbonyl (C=O) groups excluding carboxylic acids is 1. The molecule has 0 radical (unpaired) electrons. The van der Waals surface area contributed by atoms with E-state index in [1.54, 1.807) is 13.2 Å². The summed E-state index contributed by atoms with van der Waals surface area (Å²) in [5.74, 6) is 1.09. The van der Waals surface area contributed by atoms with Crippen LogP contribution in [0.5, 0.6) is 11.5 Å². The third-order valence-corrected chi connectivity index (χ3v) is 5.23. The van der Waals surface area contributed by atoms with E-state index in [2.05, 4.69) is 35.6 Å². The predicted molar refractivity (Wildman–Crippen MR) is 130 cm³/mol. The molecule has 0 aliphatic heterocycles. The van der Waals surface area contributed by atoms with Crippen LogP contribution in [0, 0.1) is 6.92 Å². The topological polar surface area (TPSA) is 47.6 Å². The van der Waals surface area contributed by atoms with E-state index in [0.29, 0.717) is 18.1 Å². The van der Waals surface area contributed by atoms with Gasteiger partial charge in [0, 0.05) is 11.8 Å². The lowest BCUT2D eigenvalue weighted by Crippen LogP contribution is -2.08. The molecule has 0 bridgehead atoms. The summed E-state index contributed by atoms with van der Waals surface area (Å²) in [7, 11) is 1.61. The summed E-state index contributed by atoms with van der Waals surface area (Å²) >= 11 is 0. The summed E-state index contributed by atoms with van der Waals surface area (Å²) in [6, 6.07) is 27.8. The maximum absolute atomic E-state index is 12.3. The van der Waals surface area contributed by atoms with Gasteiger partial charge >= 0.3 is 0 Å². The highest BCUT2D eigenvalue weighted by atomic mass is 16.5. The number of amides is 1. The Labute approximate surface area is 188 Å². The smallest absolute Gasteiger partial charge is 0.248 e. The van der Waals surface area contributed by atoms with Gasteiger partial charge in [0.05, 0.1) is 7.11 Å². The van der Waals surface area contributed by atoms with Gasteiger partial charge in [0.2, 0.25) is 5.91 Å². The van der Waals surface area contributed by atoms with E-state index in [4.69, 9.17) is 9.47 Å². The Kier molecular flexibility index (Phi) is 6.52. The predicted octanol–water partition coefficient (Wildman–Crippen LogP) is 6.39. The molecule has 0 spiro atoms. The van der Waals surface area contributed by atoms with Gasteiger partial charge in [-0.25, -0.2) is 0 Å². The van der Waals surface area contributed by atoms with Gasteiger partial charge in [0.25, 0.3) is 0 Å². The number of rotatable bonds is 7. The van der Waals surface area contributed by atoms with Crippen LogP contribution in [0.3, 0.4) is 0 Å². The average Bonchev–Trinajstić information content (AvgIpc) is 2.83. The molecule has 1 amide bonds. The molecule has 0 unspecified atom stereocenters. The van der Waals surface area contributed by atoms with Crippen molar-refractivity contribution >= 4 is 28.4 Å². The lowest BCUT2D eigenvalue weighted by Gasteiger charge is -2.12. The SMILES string of the molecule is COc1cc(/C=C/C(=O)Nc2ccccc2C)ccc1OCc1ccc2ccccc2c1. The van der Waals surface area contributed by atoms with Crippen molar-refractivity contribution in [1.82, 2.24) is 0 Å². The molecular formula is C28H25NO3. The lowest BCUT2D eigenvalue weighted by molar-refractivity contribution is -0.111. The quantitative estimate of drug-likeness (QED) is 0.351. The minimum absolute atomic E-state index is 0.185. The van der Waals surface area contributed by atoms with Crippen LogP contribution >= 0.6 is 0 Å². The van der Waals surface area contributed by atoms with E-state index < -0.39 is 0 Å². The molecule has 160 valence electrons. The molecule has 0 aliphatic rings. The van der Waals surface area contributed by atoms with Gasteiger partial charge in [-0.05, 0) is 64.7 Å². The number of fused-ring (bicyclic) bond motifs is 1. The van der Waals surface area contributed by atoms with Gasteiger partial charge < -0.3 is 14.8 Å². The van der Waals surface area contributed by atoms with Crippen molar-refractivity contribution in [2.75, 3.05) is 12.4 Å². The molecule has 32 heavy (non-hydrogen) atoms. The molecule has 0 fully saturated rings. The van der Waals surface area contributed by atoms with Crippen LogP contribution in [0.25, 0.3) is 16.8 Å². The van der Waals surface area contributed by atoms with Gasteiger partial charge in [-0.15, -0.1) is 0 Å². The van der Waals surface area contributed by atoms with Crippen LogP contribution in [0.2, 0.25) is 0 Å². The first-order chi connectivity index (χ1) is 15.6. The summed E-state index contributed by atoms with van der Waals surface area (Å²) in [6.45, 7) is 2.40. The van der Waals surface area contributed by atoms with E-state index in [1.165, 1.54) is 16.8 Å². The molecular weight excluding hydrogens is 398 g/mol. The molecule has 4 aromatic carbocycles. The van der Waals surface area contributed by atoms with E-state index >= 15 is 0 Å². The zero-order valence-electron chi connectivity index (χ0n) is 18.2. The normalized spacial score (nSPS) is 10.9. The summed E-state index contributed by atoms with van der Waals surface area (Å²) in [5.41, 5.74) is 3.75. The minimum Gasteiger partial charge on any atom is -0.493 e. The van der Waals surface area contributed by atoms with Crippen molar-refractivity contribution in [3.63, 3.8) is 0 Å². The summed E-state index contributed by atoms with van der Waals surface area (Å²) < 4.78 is 11.5. The number of nitrogens with one attached hydrogen (secondary N) is 1. The first-order valence-electron chi connectivity index (χ1n) is 10.5. The zero-order chi connectivity index (χ0) is 22.3. The van der Waals surface area contributed by atoms with Crippen LogP contribution in [0.1, 0.15) is 16.7 Å².